The Labute approximate surface area is 206 Å². The number of likely N-dealkylation sites (tertiary alicyclic amines) is 1. The zero-order valence-corrected chi connectivity index (χ0v) is 20.0. The predicted octanol–water partition coefficient (Wildman–Crippen LogP) is 4.12. The Kier molecular flexibility index (Phi) is 6.25. The highest BCUT2D eigenvalue weighted by molar-refractivity contribution is 7.13. The van der Waals surface area contributed by atoms with Gasteiger partial charge >= 0.3 is 12.1 Å². The van der Waals surface area contributed by atoms with E-state index in [1.165, 1.54) is 28.7 Å². The number of hydrogen-bond acceptors (Lipinski definition) is 6. The lowest BCUT2D eigenvalue weighted by Gasteiger charge is -2.22. The maximum absolute atomic E-state index is 12.8. The van der Waals surface area contributed by atoms with Crippen LogP contribution in [0.1, 0.15) is 45.1 Å². The van der Waals surface area contributed by atoms with Crippen molar-refractivity contribution in [2.45, 2.75) is 31.8 Å². The molecule has 9 heteroatoms. The van der Waals surface area contributed by atoms with Gasteiger partial charge in [-0.1, -0.05) is 48.5 Å². The number of nitrogens with zero attached hydrogens (tertiary/aromatic N) is 2. The fraction of sp³-hybridized carbons (Fsp3) is 0.308. The minimum Gasteiger partial charge on any atom is -0.481 e. The minimum atomic E-state index is -0.884. The number of aromatic nitrogens is 1. The number of carboxylic acids is 1. The lowest BCUT2D eigenvalue weighted by molar-refractivity contribution is -0.142. The van der Waals surface area contributed by atoms with Crippen LogP contribution in [0.4, 0.5) is 4.79 Å². The van der Waals surface area contributed by atoms with Crippen LogP contribution in [-0.4, -0.2) is 52.2 Å². The Morgan fingerprint density at radius 2 is 1.77 bits per heavy atom. The van der Waals surface area contributed by atoms with Crippen molar-refractivity contribution in [3.8, 4) is 11.1 Å². The number of nitrogens with one attached hydrogen (secondary N) is 1. The van der Waals surface area contributed by atoms with Gasteiger partial charge in [-0.25, -0.2) is 9.78 Å². The van der Waals surface area contributed by atoms with Crippen LogP contribution in [0.25, 0.3) is 11.1 Å². The molecule has 2 aliphatic rings. The first-order valence-electron chi connectivity index (χ1n) is 11.5. The Hall–Kier alpha value is -3.72. The van der Waals surface area contributed by atoms with Crippen LogP contribution in [0.3, 0.4) is 0 Å². The molecule has 0 saturated carbocycles. The van der Waals surface area contributed by atoms with Crippen molar-refractivity contribution in [1.29, 1.82) is 0 Å². The highest BCUT2D eigenvalue weighted by Crippen LogP contribution is 2.44. The van der Waals surface area contributed by atoms with E-state index in [1.54, 1.807) is 11.8 Å². The van der Waals surface area contributed by atoms with Crippen LogP contribution in [0.5, 0.6) is 0 Å². The smallest absolute Gasteiger partial charge is 0.407 e. The van der Waals surface area contributed by atoms with Gasteiger partial charge in [0.15, 0.2) is 0 Å². The molecule has 1 fully saturated rings. The lowest BCUT2D eigenvalue weighted by Crippen LogP contribution is -2.37. The van der Waals surface area contributed by atoms with E-state index in [2.05, 4.69) is 34.6 Å². The molecular formula is C26H25N3O5S. The molecular weight excluding hydrogens is 466 g/mol. The fourth-order valence-corrected chi connectivity index (χ4v) is 5.80. The van der Waals surface area contributed by atoms with Gasteiger partial charge in [0.25, 0.3) is 5.91 Å². The van der Waals surface area contributed by atoms with Crippen molar-refractivity contribution >= 4 is 29.3 Å². The van der Waals surface area contributed by atoms with E-state index in [0.29, 0.717) is 22.9 Å². The van der Waals surface area contributed by atoms with E-state index in [9.17, 15) is 19.5 Å². The second-order valence-corrected chi connectivity index (χ2v) is 9.89. The molecule has 1 aliphatic heterocycles. The molecule has 35 heavy (non-hydrogen) atoms. The zero-order valence-electron chi connectivity index (χ0n) is 19.1. The SMILES string of the molecule is CC1C(C(=O)O)CCN1C(=O)c1cnc(CNC(=O)OCC2c3ccccc3-c3ccccc32)s1. The third-order valence-corrected chi connectivity index (χ3v) is 7.81. The van der Waals surface area contributed by atoms with Gasteiger partial charge in [0, 0.05) is 18.5 Å². The minimum absolute atomic E-state index is 0.0192. The van der Waals surface area contributed by atoms with Crippen LogP contribution in [-0.2, 0) is 16.1 Å². The maximum atomic E-state index is 12.8. The average molecular weight is 492 g/mol. The van der Waals surface area contributed by atoms with Gasteiger partial charge in [-0.2, -0.15) is 0 Å². The zero-order chi connectivity index (χ0) is 24.5. The number of hydrogen-bond donors (Lipinski definition) is 2. The molecule has 2 unspecified atom stereocenters. The van der Waals surface area contributed by atoms with E-state index in [4.69, 9.17) is 4.74 Å². The molecule has 8 nitrogen and oxygen atoms in total. The summed E-state index contributed by atoms with van der Waals surface area (Å²) in [6.45, 7) is 2.52. The van der Waals surface area contributed by atoms with E-state index in [-0.39, 0.29) is 31.0 Å². The monoisotopic (exact) mass is 491 g/mol. The quantitative estimate of drug-likeness (QED) is 0.537. The van der Waals surface area contributed by atoms with Gasteiger partial charge in [0.2, 0.25) is 0 Å². The number of carbonyl (C=O) groups is 3. The highest BCUT2D eigenvalue weighted by atomic mass is 32.1. The molecule has 0 radical (unpaired) electrons. The number of benzene rings is 2. The summed E-state index contributed by atoms with van der Waals surface area (Å²) >= 11 is 1.19. The molecule has 2 heterocycles. The molecule has 180 valence electrons. The molecule has 5 rings (SSSR count). The molecule has 1 saturated heterocycles. The first-order chi connectivity index (χ1) is 16.9. The molecule has 2 N–H and O–H groups in total. The number of rotatable bonds is 6. The van der Waals surface area contributed by atoms with Crippen molar-refractivity contribution in [3.05, 3.63) is 75.7 Å². The number of alkyl carbamates (subject to hydrolysis) is 1. The molecule has 1 aliphatic carbocycles. The molecule has 0 spiro atoms. The number of carboxylic acid groups (broad SMARTS) is 1. The van der Waals surface area contributed by atoms with E-state index >= 15 is 0 Å². The van der Waals surface area contributed by atoms with Crippen LogP contribution in [0.2, 0.25) is 0 Å². The topological polar surface area (TPSA) is 109 Å². The van der Waals surface area contributed by atoms with Gasteiger partial charge in [0.05, 0.1) is 18.7 Å². The summed E-state index contributed by atoms with van der Waals surface area (Å²) in [5.74, 6) is -1.69. The van der Waals surface area contributed by atoms with E-state index in [0.717, 1.165) is 11.1 Å². The van der Waals surface area contributed by atoms with E-state index in [1.807, 2.05) is 24.3 Å². The first-order valence-corrected chi connectivity index (χ1v) is 12.3. The van der Waals surface area contributed by atoms with Crippen molar-refractivity contribution in [2.24, 2.45) is 5.92 Å². The number of aliphatic carboxylic acids is 1. The summed E-state index contributed by atoms with van der Waals surface area (Å²) in [7, 11) is 0. The molecule has 2 amide bonds. The molecule has 3 aromatic rings. The summed E-state index contributed by atoms with van der Waals surface area (Å²) in [6.07, 6.45) is 1.37. The Balaban J connectivity index is 1.16. The summed E-state index contributed by atoms with van der Waals surface area (Å²) in [5, 5.41) is 12.6. The summed E-state index contributed by atoms with van der Waals surface area (Å²) in [6, 6.07) is 15.9. The number of carbonyl (C=O) groups excluding carboxylic acids is 2. The Bertz CT molecular complexity index is 1240. The van der Waals surface area contributed by atoms with Gasteiger partial charge in [0.1, 0.15) is 16.5 Å². The number of thiazole rings is 1. The second-order valence-electron chi connectivity index (χ2n) is 8.77. The largest absolute Gasteiger partial charge is 0.481 e. The van der Waals surface area contributed by atoms with Gasteiger partial charge < -0.3 is 20.1 Å². The van der Waals surface area contributed by atoms with Crippen molar-refractivity contribution in [2.75, 3.05) is 13.2 Å². The van der Waals surface area contributed by atoms with Crippen LogP contribution in [0.15, 0.2) is 54.7 Å². The van der Waals surface area contributed by atoms with Gasteiger partial charge in [-0.15, -0.1) is 11.3 Å². The lowest BCUT2D eigenvalue weighted by atomic mass is 9.98. The predicted molar refractivity (Wildman–Crippen MR) is 130 cm³/mol. The molecule has 0 bridgehead atoms. The molecule has 2 atom stereocenters. The molecule has 2 aromatic carbocycles. The summed E-state index contributed by atoms with van der Waals surface area (Å²) < 4.78 is 5.54. The standard InChI is InChI=1S/C26H25N3O5S/c1-15-16(25(31)32)10-11-29(15)24(30)22-12-27-23(35-22)13-28-26(33)34-14-21-19-8-4-2-6-17(19)18-7-3-5-9-20(18)21/h2-9,12,15-16,21H,10-11,13-14H2,1H3,(H,28,33)(H,31,32). The Morgan fingerprint density at radius 3 is 2.40 bits per heavy atom. The maximum Gasteiger partial charge on any atom is 0.407 e. The summed E-state index contributed by atoms with van der Waals surface area (Å²) in [4.78, 5) is 42.8. The first kappa shape index (κ1) is 23.0. The molecule has 1 aromatic heterocycles. The normalized spacial score (nSPS) is 18.7. The van der Waals surface area contributed by atoms with Crippen LogP contribution < -0.4 is 5.32 Å². The number of ether oxygens (including phenoxy) is 1. The second kappa shape index (κ2) is 9.50. The highest BCUT2D eigenvalue weighted by Gasteiger charge is 2.39. The van der Waals surface area contributed by atoms with Gasteiger partial charge in [-0.3, -0.25) is 9.59 Å². The van der Waals surface area contributed by atoms with Crippen molar-refractivity contribution < 1.29 is 24.2 Å². The third-order valence-electron chi connectivity index (χ3n) is 6.82. The van der Waals surface area contributed by atoms with Gasteiger partial charge in [-0.05, 0) is 35.6 Å². The fourth-order valence-electron chi connectivity index (χ4n) is 4.99. The average Bonchev–Trinajstić information content (AvgIpc) is 3.57. The van der Waals surface area contributed by atoms with Crippen LogP contribution in [0, 0.1) is 5.92 Å². The number of fused-ring (bicyclic) bond motifs is 3. The van der Waals surface area contributed by atoms with Crippen molar-refractivity contribution in [1.82, 2.24) is 15.2 Å². The number of amides is 2. The van der Waals surface area contributed by atoms with E-state index < -0.39 is 18.0 Å². The van der Waals surface area contributed by atoms with Crippen LogP contribution >= 0.6 is 11.3 Å². The Morgan fingerprint density at radius 1 is 1.11 bits per heavy atom. The third kappa shape index (κ3) is 4.39. The van der Waals surface area contributed by atoms with Crippen molar-refractivity contribution in [3.63, 3.8) is 0 Å². The summed E-state index contributed by atoms with van der Waals surface area (Å²) in [5.41, 5.74) is 4.62.